The molecule has 146 valence electrons. The zero-order chi connectivity index (χ0) is 19.1. The van der Waals surface area contributed by atoms with Crippen LogP contribution in [0.15, 0.2) is 40.9 Å². The third-order valence-electron chi connectivity index (χ3n) is 4.44. The van der Waals surface area contributed by atoms with Crippen molar-refractivity contribution >= 4 is 39.1 Å². The summed E-state index contributed by atoms with van der Waals surface area (Å²) in [5, 5.41) is 4.75. The number of benzene rings is 2. The normalized spacial score (nSPS) is 15.1. The van der Waals surface area contributed by atoms with Crippen LogP contribution >= 0.6 is 39.1 Å². The fraction of sp³-hybridized carbons (Fsp3) is 0.400. The van der Waals surface area contributed by atoms with Gasteiger partial charge in [-0.1, -0.05) is 45.2 Å². The molecule has 0 atom stereocenters. The quantitative estimate of drug-likeness (QED) is 0.560. The highest BCUT2D eigenvalue weighted by molar-refractivity contribution is 9.10. The van der Waals surface area contributed by atoms with Crippen LogP contribution in [-0.4, -0.2) is 44.3 Å². The Morgan fingerprint density at radius 1 is 1.07 bits per heavy atom. The van der Waals surface area contributed by atoms with Gasteiger partial charge in [0, 0.05) is 58.4 Å². The molecule has 1 aliphatic rings. The fourth-order valence-corrected chi connectivity index (χ4v) is 3.78. The Morgan fingerprint density at radius 2 is 1.89 bits per heavy atom. The Balaban J connectivity index is 1.54. The van der Waals surface area contributed by atoms with Crippen molar-refractivity contribution in [2.24, 2.45) is 0 Å². The monoisotopic (exact) mass is 472 g/mol. The minimum atomic E-state index is 0.401. The first-order chi connectivity index (χ1) is 13.1. The van der Waals surface area contributed by atoms with Crippen molar-refractivity contribution in [1.29, 1.82) is 0 Å². The molecule has 1 N–H and O–H groups in total. The first-order valence-corrected chi connectivity index (χ1v) is 10.5. The first kappa shape index (κ1) is 20.9. The van der Waals surface area contributed by atoms with Crippen LogP contribution in [0.4, 0.5) is 0 Å². The van der Waals surface area contributed by atoms with E-state index in [2.05, 4.69) is 32.2 Å². The number of morpholine rings is 1. The van der Waals surface area contributed by atoms with E-state index in [1.807, 2.05) is 24.3 Å². The summed E-state index contributed by atoms with van der Waals surface area (Å²) in [6.07, 6.45) is 0. The summed E-state index contributed by atoms with van der Waals surface area (Å²) in [6.45, 7) is 6.77. The highest BCUT2D eigenvalue weighted by Gasteiger charge is 2.10. The summed E-state index contributed by atoms with van der Waals surface area (Å²) < 4.78 is 12.4. The van der Waals surface area contributed by atoms with Gasteiger partial charge in [0.2, 0.25) is 0 Å². The third-order valence-corrected chi connectivity index (χ3v) is 5.52. The largest absolute Gasteiger partial charge is 0.489 e. The van der Waals surface area contributed by atoms with Gasteiger partial charge in [0.1, 0.15) is 12.4 Å². The van der Waals surface area contributed by atoms with E-state index in [0.29, 0.717) is 16.7 Å². The number of nitrogens with one attached hydrogen (secondary N) is 1. The molecule has 1 aliphatic heterocycles. The predicted octanol–water partition coefficient (Wildman–Crippen LogP) is 4.76. The van der Waals surface area contributed by atoms with Crippen molar-refractivity contribution in [2.45, 2.75) is 13.2 Å². The van der Waals surface area contributed by atoms with E-state index >= 15 is 0 Å². The number of ether oxygens (including phenoxy) is 2. The Kier molecular flexibility index (Phi) is 8.24. The molecule has 1 heterocycles. The van der Waals surface area contributed by atoms with Gasteiger partial charge in [-0.15, -0.1) is 0 Å². The van der Waals surface area contributed by atoms with Crippen LogP contribution in [0.3, 0.4) is 0 Å². The molecular weight excluding hydrogens is 451 g/mol. The van der Waals surface area contributed by atoms with Gasteiger partial charge in [-0.05, 0) is 30.3 Å². The maximum Gasteiger partial charge on any atom is 0.124 e. The van der Waals surface area contributed by atoms with E-state index in [0.717, 1.165) is 67.3 Å². The third kappa shape index (κ3) is 6.63. The van der Waals surface area contributed by atoms with Crippen LogP contribution in [0.1, 0.15) is 11.1 Å². The maximum atomic E-state index is 6.24. The van der Waals surface area contributed by atoms with Gasteiger partial charge in [0.05, 0.1) is 13.2 Å². The Bertz CT molecular complexity index is 755. The molecule has 0 bridgehead atoms. The van der Waals surface area contributed by atoms with Crippen LogP contribution < -0.4 is 10.1 Å². The van der Waals surface area contributed by atoms with Crippen LogP contribution in [0.2, 0.25) is 10.0 Å². The molecule has 0 aromatic heterocycles. The molecule has 2 aromatic rings. The van der Waals surface area contributed by atoms with Gasteiger partial charge < -0.3 is 14.8 Å². The van der Waals surface area contributed by atoms with Gasteiger partial charge in [-0.3, -0.25) is 4.90 Å². The minimum absolute atomic E-state index is 0.401. The molecule has 1 saturated heterocycles. The fourth-order valence-electron chi connectivity index (χ4n) is 2.91. The first-order valence-electron chi connectivity index (χ1n) is 8.98. The lowest BCUT2D eigenvalue weighted by atomic mass is 10.2. The summed E-state index contributed by atoms with van der Waals surface area (Å²) in [5.41, 5.74) is 2.02. The van der Waals surface area contributed by atoms with Crippen LogP contribution in [0, 0.1) is 0 Å². The van der Waals surface area contributed by atoms with Crippen molar-refractivity contribution < 1.29 is 9.47 Å². The van der Waals surface area contributed by atoms with E-state index in [1.165, 1.54) is 0 Å². The number of hydrogen-bond donors (Lipinski definition) is 1. The maximum absolute atomic E-state index is 6.24. The molecule has 0 spiro atoms. The molecule has 0 unspecified atom stereocenters. The Labute approximate surface area is 178 Å². The molecule has 4 nitrogen and oxygen atoms in total. The topological polar surface area (TPSA) is 33.7 Å². The summed E-state index contributed by atoms with van der Waals surface area (Å²) in [5.74, 6) is 0.850. The van der Waals surface area contributed by atoms with Crippen molar-refractivity contribution in [3.05, 3.63) is 62.0 Å². The van der Waals surface area contributed by atoms with E-state index in [1.54, 1.807) is 6.07 Å². The van der Waals surface area contributed by atoms with E-state index in [9.17, 15) is 0 Å². The lowest BCUT2D eigenvalue weighted by Gasteiger charge is -2.26. The summed E-state index contributed by atoms with van der Waals surface area (Å²) >= 11 is 15.7. The molecular formula is C20H23BrCl2N2O2. The second-order valence-corrected chi connectivity index (χ2v) is 8.17. The number of hydrogen-bond acceptors (Lipinski definition) is 4. The summed E-state index contributed by atoms with van der Waals surface area (Å²) in [6, 6.07) is 11.5. The molecule has 0 amide bonds. The van der Waals surface area contributed by atoms with E-state index in [4.69, 9.17) is 32.7 Å². The second kappa shape index (κ2) is 10.6. The Hall–Kier alpha value is -0.820. The van der Waals surface area contributed by atoms with Crippen molar-refractivity contribution in [2.75, 3.05) is 39.4 Å². The molecule has 0 saturated carbocycles. The zero-order valence-electron chi connectivity index (χ0n) is 15.0. The van der Waals surface area contributed by atoms with Crippen LogP contribution in [0.25, 0.3) is 0 Å². The average molecular weight is 474 g/mol. The molecule has 0 aliphatic carbocycles. The van der Waals surface area contributed by atoms with Gasteiger partial charge in [-0.25, -0.2) is 0 Å². The standard InChI is InChI=1S/C20H23BrCl2N2O2/c21-17-2-4-20(27-14-15-1-3-18(22)12-19(15)23)16(11-17)13-24-5-6-25-7-9-26-10-8-25/h1-4,11-12,24H,5-10,13-14H2. The predicted molar refractivity (Wildman–Crippen MR) is 114 cm³/mol. The number of nitrogens with zero attached hydrogens (tertiary/aromatic N) is 1. The average Bonchev–Trinajstić information content (AvgIpc) is 2.66. The van der Waals surface area contributed by atoms with E-state index < -0.39 is 0 Å². The SMILES string of the molecule is Clc1ccc(COc2ccc(Br)cc2CNCCN2CCOCC2)c(Cl)c1. The highest BCUT2D eigenvalue weighted by atomic mass is 79.9. The zero-order valence-corrected chi connectivity index (χ0v) is 18.1. The smallest absolute Gasteiger partial charge is 0.124 e. The van der Waals surface area contributed by atoms with Crippen molar-refractivity contribution in [3.8, 4) is 5.75 Å². The summed E-state index contributed by atoms with van der Waals surface area (Å²) in [4.78, 5) is 2.41. The highest BCUT2D eigenvalue weighted by Crippen LogP contribution is 2.26. The second-order valence-electron chi connectivity index (χ2n) is 6.41. The van der Waals surface area contributed by atoms with Gasteiger partial charge in [-0.2, -0.15) is 0 Å². The van der Waals surface area contributed by atoms with Gasteiger partial charge in [0.25, 0.3) is 0 Å². The molecule has 0 radical (unpaired) electrons. The summed E-state index contributed by atoms with van der Waals surface area (Å²) in [7, 11) is 0. The van der Waals surface area contributed by atoms with Crippen LogP contribution in [-0.2, 0) is 17.9 Å². The number of halogens is 3. The number of rotatable bonds is 8. The van der Waals surface area contributed by atoms with Crippen molar-refractivity contribution in [3.63, 3.8) is 0 Å². The molecule has 2 aromatic carbocycles. The van der Waals surface area contributed by atoms with Crippen LogP contribution in [0.5, 0.6) is 5.75 Å². The minimum Gasteiger partial charge on any atom is -0.489 e. The molecule has 27 heavy (non-hydrogen) atoms. The van der Waals surface area contributed by atoms with Gasteiger partial charge >= 0.3 is 0 Å². The molecule has 7 heteroatoms. The lowest BCUT2D eigenvalue weighted by molar-refractivity contribution is 0.0384. The van der Waals surface area contributed by atoms with Gasteiger partial charge in [0.15, 0.2) is 0 Å². The Morgan fingerprint density at radius 3 is 2.67 bits per heavy atom. The lowest BCUT2D eigenvalue weighted by Crippen LogP contribution is -2.40. The molecule has 1 fully saturated rings. The van der Waals surface area contributed by atoms with E-state index in [-0.39, 0.29) is 0 Å². The molecule has 3 rings (SSSR count). The van der Waals surface area contributed by atoms with Crippen molar-refractivity contribution in [1.82, 2.24) is 10.2 Å².